The van der Waals surface area contributed by atoms with E-state index in [2.05, 4.69) is 10.6 Å². The number of hydrogen-bond donors (Lipinski definition) is 4. The summed E-state index contributed by atoms with van der Waals surface area (Å²) >= 11 is 0. The highest BCUT2D eigenvalue weighted by Gasteiger charge is 2.23. The SMILES string of the molecule is CC(=O)N/C(=C/c1ccco1)C(=O)N[C@@H](Cc1ccc(O)cc1)C(=O)O. The summed E-state index contributed by atoms with van der Waals surface area (Å²) in [5.41, 5.74) is 0.482. The number of rotatable bonds is 7. The van der Waals surface area contributed by atoms with Crippen molar-refractivity contribution in [2.24, 2.45) is 0 Å². The quantitative estimate of drug-likeness (QED) is 0.552. The van der Waals surface area contributed by atoms with Gasteiger partial charge in [-0.15, -0.1) is 0 Å². The van der Waals surface area contributed by atoms with Crippen molar-refractivity contribution in [1.29, 1.82) is 0 Å². The molecule has 1 atom stereocenters. The molecule has 1 aromatic carbocycles. The molecule has 2 aromatic rings. The molecule has 8 heteroatoms. The van der Waals surface area contributed by atoms with Crippen molar-refractivity contribution in [1.82, 2.24) is 10.6 Å². The fraction of sp³-hybridized carbons (Fsp3) is 0.167. The van der Waals surface area contributed by atoms with Gasteiger partial charge in [-0.1, -0.05) is 12.1 Å². The summed E-state index contributed by atoms with van der Waals surface area (Å²) < 4.78 is 5.11. The second-order valence-electron chi connectivity index (χ2n) is 5.49. The molecule has 0 aliphatic carbocycles. The Labute approximate surface area is 149 Å². The molecule has 136 valence electrons. The smallest absolute Gasteiger partial charge is 0.326 e. The van der Waals surface area contributed by atoms with E-state index in [1.165, 1.54) is 31.4 Å². The Balaban J connectivity index is 2.16. The lowest BCUT2D eigenvalue weighted by Gasteiger charge is -2.16. The molecular weight excluding hydrogens is 340 g/mol. The molecule has 1 heterocycles. The van der Waals surface area contributed by atoms with Crippen molar-refractivity contribution < 1.29 is 29.0 Å². The molecule has 0 radical (unpaired) electrons. The normalized spacial score (nSPS) is 12.3. The number of carbonyl (C=O) groups is 3. The predicted molar refractivity (Wildman–Crippen MR) is 91.9 cm³/mol. The van der Waals surface area contributed by atoms with Crippen LogP contribution in [-0.2, 0) is 20.8 Å². The van der Waals surface area contributed by atoms with Gasteiger partial charge in [0.1, 0.15) is 23.2 Å². The number of aromatic hydroxyl groups is 1. The second-order valence-corrected chi connectivity index (χ2v) is 5.49. The van der Waals surface area contributed by atoms with E-state index in [1.54, 1.807) is 24.3 Å². The third kappa shape index (κ3) is 5.52. The summed E-state index contributed by atoms with van der Waals surface area (Å²) in [7, 11) is 0. The average Bonchev–Trinajstić information content (AvgIpc) is 3.08. The molecule has 26 heavy (non-hydrogen) atoms. The zero-order valence-electron chi connectivity index (χ0n) is 13.9. The Morgan fingerprint density at radius 1 is 1.19 bits per heavy atom. The van der Waals surface area contributed by atoms with Gasteiger partial charge in [0.15, 0.2) is 0 Å². The van der Waals surface area contributed by atoms with E-state index >= 15 is 0 Å². The molecule has 0 unspecified atom stereocenters. The molecule has 8 nitrogen and oxygen atoms in total. The molecule has 1 aromatic heterocycles. The summed E-state index contributed by atoms with van der Waals surface area (Å²) in [6.07, 6.45) is 2.71. The molecule has 0 spiro atoms. The highest BCUT2D eigenvalue weighted by molar-refractivity contribution is 6.02. The van der Waals surface area contributed by atoms with Gasteiger partial charge in [0.25, 0.3) is 5.91 Å². The first-order valence-electron chi connectivity index (χ1n) is 7.69. The van der Waals surface area contributed by atoms with Crippen molar-refractivity contribution in [3.63, 3.8) is 0 Å². The first-order chi connectivity index (χ1) is 12.3. The van der Waals surface area contributed by atoms with Gasteiger partial charge in [-0.3, -0.25) is 9.59 Å². The summed E-state index contributed by atoms with van der Waals surface area (Å²) in [6.45, 7) is 1.23. The molecule has 0 aliphatic heterocycles. The fourth-order valence-electron chi connectivity index (χ4n) is 2.17. The Bertz CT molecular complexity index is 809. The lowest BCUT2D eigenvalue weighted by atomic mass is 10.1. The standard InChI is InChI=1S/C18H18N2O6/c1-11(21)19-15(10-14-3-2-8-26-14)17(23)20-16(18(24)25)9-12-4-6-13(22)7-5-12/h2-8,10,16,22H,9H2,1H3,(H,19,21)(H,20,23)(H,24,25)/b15-10+/t16-/m0/s1. The van der Waals surface area contributed by atoms with E-state index in [0.717, 1.165) is 0 Å². The number of nitrogens with one attached hydrogen (secondary N) is 2. The fourth-order valence-corrected chi connectivity index (χ4v) is 2.17. The highest BCUT2D eigenvalue weighted by atomic mass is 16.4. The van der Waals surface area contributed by atoms with Crippen LogP contribution in [0.2, 0.25) is 0 Å². The van der Waals surface area contributed by atoms with Crippen LogP contribution in [0.15, 0.2) is 52.8 Å². The summed E-state index contributed by atoms with van der Waals surface area (Å²) in [5, 5.41) is 23.4. The van der Waals surface area contributed by atoms with Crippen LogP contribution in [0.1, 0.15) is 18.2 Å². The molecule has 2 rings (SSSR count). The van der Waals surface area contributed by atoms with E-state index < -0.39 is 23.8 Å². The molecule has 0 bridgehead atoms. The van der Waals surface area contributed by atoms with E-state index in [4.69, 9.17) is 4.42 Å². The topological polar surface area (TPSA) is 129 Å². The highest BCUT2D eigenvalue weighted by Crippen LogP contribution is 2.12. The average molecular weight is 358 g/mol. The Kier molecular flexibility index (Phi) is 6.15. The number of furan rings is 1. The van der Waals surface area contributed by atoms with Crippen LogP contribution in [0.5, 0.6) is 5.75 Å². The summed E-state index contributed by atoms with van der Waals surface area (Å²) in [4.78, 5) is 35.2. The number of hydrogen-bond acceptors (Lipinski definition) is 5. The number of amides is 2. The maximum atomic E-state index is 12.4. The molecule has 0 aliphatic rings. The monoisotopic (exact) mass is 358 g/mol. The maximum Gasteiger partial charge on any atom is 0.326 e. The van der Waals surface area contributed by atoms with Gasteiger partial charge in [-0.25, -0.2) is 4.79 Å². The number of phenols is 1. The van der Waals surface area contributed by atoms with Crippen LogP contribution in [0.4, 0.5) is 0 Å². The van der Waals surface area contributed by atoms with Gasteiger partial charge in [-0.05, 0) is 29.8 Å². The number of carboxylic acid groups (broad SMARTS) is 1. The predicted octanol–water partition coefficient (Wildman–Crippen LogP) is 1.27. The van der Waals surface area contributed by atoms with Gasteiger partial charge < -0.3 is 25.3 Å². The van der Waals surface area contributed by atoms with Gasteiger partial charge in [0, 0.05) is 19.4 Å². The molecule has 0 saturated carbocycles. The van der Waals surface area contributed by atoms with Crippen LogP contribution in [0.25, 0.3) is 6.08 Å². The lowest BCUT2D eigenvalue weighted by molar-refractivity contribution is -0.141. The van der Waals surface area contributed by atoms with E-state index in [9.17, 15) is 24.6 Å². The molecule has 0 saturated heterocycles. The third-order valence-corrected chi connectivity index (χ3v) is 3.36. The summed E-state index contributed by atoms with van der Waals surface area (Å²) in [6, 6.07) is 7.95. The van der Waals surface area contributed by atoms with Gasteiger partial charge in [0.2, 0.25) is 5.91 Å². The zero-order valence-corrected chi connectivity index (χ0v) is 13.9. The molecule has 2 amide bonds. The summed E-state index contributed by atoms with van der Waals surface area (Å²) in [5.74, 6) is -2.09. The van der Waals surface area contributed by atoms with Crippen molar-refractivity contribution in [2.75, 3.05) is 0 Å². The van der Waals surface area contributed by atoms with Crippen LogP contribution in [0.3, 0.4) is 0 Å². The Morgan fingerprint density at radius 2 is 1.88 bits per heavy atom. The molecule has 0 fully saturated rings. The van der Waals surface area contributed by atoms with Crippen molar-refractivity contribution in [3.05, 3.63) is 59.7 Å². The van der Waals surface area contributed by atoms with Gasteiger partial charge in [0.05, 0.1) is 6.26 Å². The number of phenolic OH excluding ortho intramolecular Hbond substituents is 1. The van der Waals surface area contributed by atoms with E-state index in [0.29, 0.717) is 11.3 Å². The number of carbonyl (C=O) groups excluding carboxylic acids is 2. The minimum atomic E-state index is -1.23. The number of benzene rings is 1. The first kappa shape index (κ1) is 18.8. The Hall–Kier alpha value is -3.55. The van der Waals surface area contributed by atoms with Crippen LogP contribution < -0.4 is 10.6 Å². The molecular formula is C18H18N2O6. The van der Waals surface area contributed by atoms with Crippen molar-refractivity contribution in [3.8, 4) is 5.75 Å². The van der Waals surface area contributed by atoms with Crippen LogP contribution in [0, 0.1) is 0 Å². The minimum Gasteiger partial charge on any atom is -0.508 e. The van der Waals surface area contributed by atoms with Gasteiger partial charge in [-0.2, -0.15) is 0 Å². The number of carboxylic acids is 1. The third-order valence-electron chi connectivity index (χ3n) is 3.36. The second kappa shape index (κ2) is 8.52. The first-order valence-corrected chi connectivity index (χ1v) is 7.69. The zero-order chi connectivity index (χ0) is 19.1. The molecule has 4 N–H and O–H groups in total. The minimum absolute atomic E-state index is 0.00938. The largest absolute Gasteiger partial charge is 0.508 e. The van der Waals surface area contributed by atoms with Crippen LogP contribution >= 0.6 is 0 Å². The number of aliphatic carboxylic acids is 1. The van der Waals surface area contributed by atoms with Gasteiger partial charge >= 0.3 is 5.97 Å². The maximum absolute atomic E-state index is 12.4. The van der Waals surface area contributed by atoms with E-state index in [1.807, 2.05) is 0 Å². The Morgan fingerprint density at radius 3 is 2.42 bits per heavy atom. The van der Waals surface area contributed by atoms with Crippen molar-refractivity contribution in [2.45, 2.75) is 19.4 Å². The lowest BCUT2D eigenvalue weighted by Crippen LogP contribution is -2.45. The van der Waals surface area contributed by atoms with Crippen LogP contribution in [-0.4, -0.2) is 34.0 Å². The van der Waals surface area contributed by atoms with E-state index in [-0.39, 0.29) is 17.9 Å². The van der Waals surface area contributed by atoms with Crippen molar-refractivity contribution >= 4 is 23.9 Å².